The summed E-state index contributed by atoms with van der Waals surface area (Å²) in [7, 11) is 0. The van der Waals surface area contributed by atoms with E-state index in [0.717, 1.165) is 0 Å². The van der Waals surface area contributed by atoms with Gasteiger partial charge >= 0.3 is 23.8 Å². The van der Waals surface area contributed by atoms with Crippen molar-refractivity contribution in [1.29, 1.82) is 0 Å². The highest BCUT2D eigenvalue weighted by atomic mass is 15.5. The lowest BCUT2D eigenvalue weighted by Crippen LogP contribution is -2.51. The second-order valence-electron chi connectivity index (χ2n) is 6.29. The molecule has 4 aromatic heterocycles. The quantitative estimate of drug-likeness (QED) is 0.0779. The third-order valence-corrected chi connectivity index (χ3v) is 3.06. The number of rotatable bonds is 6. The van der Waals surface area contributed by atoms with E-state index in [-0.39, 0.29) is 30.3 Å². The van der Waals surface area contributed by atoms with Crippen LogP contribution >= 0.6 is 0 Å². The summed E-state index contributed by atoms with van der Waals surface area (Å²) in [6, 6.07) is 0. The van der Waals surface area contributed by atoms with E-state index in [1.807, 2.05) is 0 Å². The van der Waals surface area contributed by atoms with E-state index in [2.05, 4.69) is 150 Å². The highest BCUT2D eigenvalue weighted by molar-refractivity contribution is 5.69. The van der Waals surface area contributed by atoms with Crippen molar-refractivity contribution in [3.63, 3.8) is 0 Å². The normalized spacial score (nSPS) is 9.28. The molecular formula is C11H28N28. The lowest BCUT2D eigenvalue weighted by Gasteiger charge is -2.24. The molecule has 0 unspecified atom stereocenters. The van der Waals surface area contributed by atoms with Crippen LogP contribution in [0.25, 0.3) is 0 Å². The summed E-state index contributed by atoms with van der Waals surface area (Å²) in [5, 5.41) is 76.8. The van der Waals surface area contributed by atoms with Gasteiger partial charge in [-0.2, -0.15) is 20.9 Å². The van der Waals surface area contributed by atoms with Crippen LogP contribution in [0.4, 0.5) is 0 Å². The summed E-state index contributed by atoms with van der Waals surface area (Å²) in [5.41, 5.74) is 36.7. The molecule has 0 bridgehead atoms. The van der Waals surface area contributed by atoms with Crippen molar-refractivity contribution >= 4 is 23.8 Å². The van der Waals surface area contributed by atoms with Crippen LogP contribution in [-0.4, -0.2) is 85.9 Å². The van der Waals surface area contributed by atoms with Gasteiger partial charge < -0.3 is 20.4 Å². The average Bonchev–Trinajstić information content (AvgIpc) is 3.63. The van der Waals surface area contributed by atoms with Gasteiger partial charge in [0, 0.05) is 35.1 Å². The monoisotopic (exact) mass is 552 g/mol. The Kier molecular flexibility index (Phi) is 14.7. The first-order valence-electron chi connectivity index (χ1n) is 9.62. The summed E-state index contributed by atoms with van der Waals surface area (Å²) in [4.78, 5) is 0. The van der Waals surface area contributed by atoms with Gasteiger partial charge in [0.1, 0.15) is 0 Å². The number of aromatic nitrogens is 16. The molecule has 212 valence electrons. The van der Waals surface area contributed by atoms with E-state index in [1.54, 1.807) is 0 Å². The Morgan fingerprint density at radius 1 is 0.462 bits per heavy atom. The first-order chi connectivity index (χ1) is 18.3. The van der Waals surface area contributed by atoms with E-state index in [0.29, 0.717) is 23.3 Å². The molecule has 0 amide bonds. The molecule has 24 N–H and O–H groups in total. The largest absolute Gasteiger partial charge is 0.336 e. The average molecular weight is 553 g/mol. The minimum Gasteiger partial charge on any atom is -0.335 e. The topological polar surface area (TPSA) is 522 Å². The van der Waals surface area contributed by atoms with Gasteiger partial charge in [0.05, 0.1) is 0 Å². The number of nitrogens with zero attached hydrogens (tertiary/aromatic N) is 16. The molecule has 0 aliphatic rings. The first-order valence-corrected chi connectivity index (χ1v) is 9.62. The molecule has 0 aliphatic heterocycles. The zero-order valence-corrected chi connectivity index (χ0v) is 19.9. The Bertz CT molecular complexity index is 968. The number of hydrogen-bond donors (Lipinski definition) is 12. The van der Waals surface area contributed by atoms with Gasteiger partial charge in [-0.3, -0.25) is 109 Å². The SMILES string of the molecule is C(C(c1nnn[n-]1)c1nnn[n-]1)C(c1nnn[n-]1)c1nnn[n-]1.NC(N)=[NH2+].NC(N)=[NH2+].NC(N)=[NH2+].NC(N)=[NH2+]. The highest BCUT2D eigenvalue weighted by Crippen LogP contribution is 2.31. The highest BCUT2D eigenvalue weighted by Gasteiger charge is 2.22. The van der Waals surface area contributed by atoms with Gasteiger partial charge in [-0.15, -0.1) is 0 Å². The summed E-state index contributed by atoms with van der Waals surface area (Å²) in [6.07, 6.45) is 0.279. The molecule has 0 saturated heterocycles. The van der Waals surface area contributed by atoms with Crippen molar-refractivity contribution in [2.24, 2.45) is 45.9 Å². The molecule has 4 heterocycles. The molecule has 28 nitrogen and oxygen atoms in total. The van der Waals surface area contributed by atoms with Gasteiger partial charge in [-0.05, 0) is 6.42 Å². The van der Waals surface area contributed by atoms with Crippen molar-refractivity contribution < 1.29 is 21.6 Å². The lowest BCUT2D eigenvalue weighted by atomic mass is 9.92. The van der Waals surface area contributed by atoms with Gasteiger partial charge in [0.2, 0.25) is 0 Å². The Hall–Kier alpha value is -6.64. The van der Waals surface area contributed by atoms with Crippen molar-refractivity contribution in [2.45, 2.75) is 18.3 Å². The van der Waals surface area contributed by atoms with Crippen LogP contribution in [0.5, 0.6) is 0 Å². The molecule has 0 fully saturated rings. The van der Waals surface area contributed by atoms with Crippen molar-refractivity contribution in [3.8, 4) is 0 Å². The molecule has 0 radical (unpaired) electrons. The van der Waals surface area contributed by atoms with Gasteiger partial charge in [-0.25, -0.2) is 0 Å². The fraction of sp³-hybridized carbons (Fsp3) is 0.273. The summed E-state index contributed by atoms with van der Waals surface area (Å²) < 4.78 is 0. The van der Waals surface area contributed by atoms with Crippen molar-refractivity contribution in [1.82, 2.24) is 82.5 Å². The van der Waals surface area contributed by atoms with Crippen LogP contribution in [0.2, 0.25) is 0 Å². The van der Waals surface area contributed by atoms with Gasteiger partial charge in [0.15, 0.2) is 0 Å². The molecular weight excluding hydrogens is 524 g/mol. The van der Waals surface area contributed by atoms with E-state index in [4.69, 9.17) is 0 Å². The third kappa shape index (κ3) is 15.8. The molecule has 4 aromatic rings. The van der Waals surface area contributed by atoms with Gasteiger partial charge in [-0.1, -0.05) is 0 Å². The second-order valence-corrected chi connectivity index (χ2v) is 6.29. The Balaban J connectivity index is 0.000000748. The first kappa shape index (κ1) is 32.4. The van der Waals surface area contributed by atoms with Crippen molar-refractivity contribution in [3.05, 3.63) is 23.3 Å². The second kappa shape index (κ2) is 17.7. The smallest absolute Gasteiger partial charge is 0.335 e. The predicted octanol–water partition coefficient (Wildman–Crippen LogP) is -16.3. The number of guanidine groups is 4. The summed E-state index contributed by atoms with van der Waals surface area (Å²) in [6.45, 7) is 0. The van der Waals surface area contributed by atoms with Crippen LogP contribution in [0, 0.1) is 0 Å². The Labute approximate surface area is 216 Å². The molecule has 0 aromatic carbocycles. The van der Waals surface area contributed by atoms with E-state index < -0.39 is 11.8 Å². The number of tetrazole rings is 4. The van der Waals surface area contributed by atoms with E-state index in [9.17, 15) is 0 Å². The molecule has 0 atom stereocenters. The van der Waals surface area contributed by atoms with Crippen LogP contribution in [0.1, 0.15) is 41.6 Å². The van der Waals surface area contributed by atoms with Crippen LogP contribution in [-0.2, 0) is 0 Å². The fourth-order valence-corrected chi connectivity index (χ4v) is 2.05. The molecule has 0 spiro atoms. The lowest BCUT2D eigenvalue weighted by molar-refractivity contribution is -0.117. The third-order valence-electron chi connectivity index (χ3n) is 3.06. The summed E-state index contributed by atoms with van der Waals surface area (Å²) >= 11 is 0. The van der Waals surface area contributed by atoms with Gasteiger partial charge in [0.25, 0.3) is 0 Å². The Morgan fingerprint density at radius 3 is 0.769 bits per heavy atom. The maximum Gasteiger partial charge on any atom is 0.336 e. The fourth-order valence-electron chi connectivity index (χ4n) is 2.05. The molecule has 28 heteroatoms. The molecule has 4 rings (SSSR count). The zero-order valence-electron chi connectivity index (χ0n) is 19.9. The van der Waals surface area contributed by atoms with Crippen LogP contribution < -0.4 is 87.9 Å². The molecule has 0 saturated carbocycles. The minimum absolute atomic E-state index is 0.0833. The maximum absolute atomic E-state index is 4.58. The van der Waals surface area contributed by atoms with Crippen LogP contribution in [0.3, 0.4) is 0 Å². The number of nitrogens with two attached hydrogens (primary N) is 12. The van der Waals surface area contributed by atoms with Crippen molar-refractivity contribution in [2.75, 3.05) is 0 Å². The molecule has 0 aliphatic carbocycles. The Morgan fingerprint density at radius 2 is 0.641 bits per heavy atom. The molecule has 39 heavy (non-hydrogen) atoms. The van der Waals surface area contributed by atoms with E-state index in [1.165, 1.54) is 0 Å². The standard InChI is InChI=1S/C7H4N16.4CH5N3/c1(2(4-8-16-17-9-4)5-10-18-19-11-5)3(6-12-20-21-13-6)7-14-22-23-15-7;4*2-1(3)4/h2-3H,1H2;4*(H5,2,3,4)/q-4;;;;/p+4. The van der Waals surface area contributed by atoms with Crippen LogP contribution in [0.15, 0.2) is 0 Å². The predicted molar refractivity (Wildman–Crippen MR) is 122 cm³/mol. The number of hydrogen-bond acceptors (Lipinski definition) is 12. The zero-order chi connectivity index (χ0) is 29.8. The maximum atomic E-state index is 4.58. The minimum atomic E-state index is -0.526. The van der Waals surface area contributed by atoms with E-state index >= 15 is 0 Å². The summed E-state index contributed by atoms with van der Waals surface area (Å²) in [5.74, 6) is -0.201.